The van der Waals surface area contributed by atoms with E-state index >= 15 is 0 Å². The highest BCUT2D eigenvalue weighted by Crippen LogP contribution is 1.98. The van der Waals surface area contributed by atoms with Crippen LogP contribution in [0.5, 0.6) is 0 Å². The van der Waals surface area contributed by atoms with E-state index in [1.54, 1.807) is 0 Å². The van der Waals surface area contributed by atoms with Gasteiger partial charge in [-0.1, -0.05) is 6.58 Å². The highest BCUT2D eigenvalue weighted by Gasteiger charge is 2.06. The van der Waals surface area contributed by atoms with E-state index in [9.17, 15) is 0 Å². The molecule has 0 spiro atoms. The summed E-state index contributed by atoms with van der Waals surface area (Å²) in [6.45, 7) is 8.94. The fourth-order valence-corrected chi connectivity index (χ4v) is 1.34. The molecule has 1 aliphatic heterocycles. The molecule has 0 amide bonds. The zero-order valence-electron chi connectivity index (χ0n) is 8.57. The smallest absolute Gasteiger partial charge is 0.0696 e. The maximum absolute atomic E-state index is 8.81. The Hall–Kier alpha value is -0.420. The normalized spacial score (nSPS) is 22.2. The molecule has 0 aromatic heterocycles. The number of hydrogen-bond donors (Lipinski definition) is 1. The second-order valence-electron chi connectivity index (χ2n) is 3.42. The van der Waals surface area contributed by atoms with Crippen LogP contribution >= 0.6 is 0 Å². The lowest BCUT2D eigenvalue weighted by Gasteiger charge is -2.22. The molecule has 4 nitrogen and oxygen atoms in total. The minimum atomic E-state index is 0.187. The molecule has 0 radical (unpaired) electrons. The van der Waals surface area contributed by atoms with Gasteiger partial charge in [0.2, 0.25) is 0 Å². The highest BCUT2D eigenvalue weighted by molar-refractivity contribution is 4.94. The number of β-amino-alcohol motifs (C(OH)–C–C–N with tert-alkyl or cyclic N) is 1. The van der Waals surface area contributed by atoms with E-state index in [0.717, 1.165) is 18.7 Å². The van der Waals surface area contributed by atoms with Crippen LogP contribution in [0, 0.1) is 0 Å². The number of ether oxygens (including phenoxy) is 2. The SMILES string of the molecule is C=C1COCCN(CCO)CCOC1. The van der Waals surface area contributed by atoms with Crippen LogP contribution in [0.4, 0.5) is 0 Å². The molecule has 82 valence electrons. The average molecular weight is 201 g/mol. The second-order valence-corrected chi connectivity index (χ2v) is 3.42. The summed E-state index contributed by atoms with van der Waals surface area (Å²) in [7, 11) is 0. The fourth-order valence-electron chi connectivity index (χ4n) is 1.34. The zero-order chi connectivity index (χ0) is 10.2. The Balaban J connectivity index is 2.27. The minimum absolute atomic E-state index is 0.187. The molecular formula is C10H19NO3. The standard InChI is InChI=1S/C10H19NO3/c1-10-8-13-6-3-11(2-5-12)4-7-14-9-10/h12H,1-9H2. The Kier molecular flexibility index (Phi) is 5.78. The van der Waals surface area contributed by atoms with Gasteiger partial charge in [-0.2, -0.15) is 0 Å². The van der Waals surface area contributed by atoms with E-state index in [1.807, 2.05) is 0 Å². The van der Waals surface area contributed by atoms with Crippen LogP contribution in [0.2, 0.25) is 0 Å². The number of hydrogen-bond acceptors (Lipinski definition) is 4. The third-order valence-corrected chi connectivity index (χ3v) is 2.13. The number of aliphatic hydroxyl groups is 1. The lowest BCUT2D eigenvalue weighted by Crippen LogP contribution is -2.34. The van der Waals surface area contributed by atoms with Gasteiger partial charge in [0.05, 0.1) is 33.0 Å². The Morgan fingerprint density at radius 3 is 2.29 bits per heavy atom. The topological polar surface area (TPSA) is 41.9 Å². The van der Waals surface area contributed by atoms with E-state index in [2.05, 4.69) is 11.5 Å². The number of rotatable bonds is 2. The van der Waals surface area contributed by atoms with Crippen molar-refractivity contribution < 1.29 is 14.6 Å². The summed E-state index contributed by atoms with van der Waals surface area (Å²) >= 11 is 0. The molecule has 0 atom stereocenters. The van der Waals surface area contributed by atoms with E-state index in [0.29, 0.717) is 33.0 Å². The zero-order valence-corrected chi connectivity index (χ0v) is 8.57. The molecule has 1 heterocycles. The predicted octanol–water partition coefficient (Wildman–Crippen LogP) is -0.116. The quantitative estimate of drug-likeness (QED) is 0.633. The Morgan fingerprint density at radius 2 is 1.79 bits per heavy atom. The minimum Gasteiger partial charge on any atom is -0.395 e. The van der Waals surface area contributed by atoms with Gasteiger partial charge in [0.25, 0.3) is 0 Å². The molecule has 1 N–H and O–H groups in total. The molecule has 4 heteroatoms. The van der Waals surface area contributed by atoms with Crippen molar-refractivity contribution in [3.63, 3.8) is 0 Å². The molecule has 1 aliphatic rings. The molecular weight excluding hydrogens is 182 g/mol. The summed E-state index contributed by atoms with van der Waals surface area (Å²) in [6.07, 6.45) is 0. The first-order chi connectivity index (χ1) is 6.83. The fraction of sp³-hybridized carbons (Fsp3) is 0.800. The van der Waals surface area contributed by atoms with Crippen LogP contribution in [0.3, 0.4) is 0 Å². The van der Waals surface area contributed by atoms with Crippen molar-refractivity contribution in [2.45, 2.75) is 0 Å². The van der Waals surface area contributed by atoms with Crippen LogP contribution < -0.4 is 0 Å². The van der Waals surface area contributed by atoms with Gasteiger partial charge in [-0.25, -0.2) is 0 Å². The van der Waals surface area contributed by atoms with Gasteiger partial charge in [0.15, 0.2) is 0 Å². The van der Waals surface area contributed by atoms with Gasteiger partial charge in [-0.3, -0.25) is 4.90 Å². The highest BCUT2D eigenvalue weighted by atomic mass is 16.5. The maximum atomic E-state index is 8.81. The van der Waals surface area contributed by atoms with E-state index in [1.165, 1.54) is 0 Å². The van der Waals surface area contributed by atoms with Gasteiger partial charge < -0.3 is 14.6 Å². The maximum Gasteiger partial charge on any atom is 0.0696 e. The summed E-state index contributed by atoms with van der Waals surface area (Å²) in [5.41, 5.74) is 0.987. The van der Waals surface area contributed by atoms with Crippen molar-refractivity contribution in [2.75, 3.05) is 52.7 Å². The summed E-state index contributed by atoms with van der Waals surface area (Å²) in [5.74, 6) is 0. The average Bonchev–Trinajstić information content (AvgIpc) is 2.19. The molecule has 1 saturated heterocycles. The van der Waals surface area contributed by atoms with Gasteiger partial charge >= 0.3 is 0 Å². The largest absolute Gasteiger partial charge is 0.395 e. The summed E-state index contributed by atoms with van der Waals surface area (Å²) in [6, 6.07) is 0. The van der Waals surface area contributed by atoms with Crippen molar-refractivity contribution in [3.05, 3.63) is 12.2 Å². The molecule has 0 bridgehead atoms. The third kappa shape index (κ3) is 4.72. The third-order valence-electron chi connectivity index (χ3n) is 2.13. The molecule has 0 aromatic carbocycles. The van der Waals surface area contributed by atoms with Crippen LogP contribution in [0.15, 0.2) is 12.2 Å². The van der Waals surface area contributed by atoms with Crippen molar-refractivity contribution in [1.29, 1.82) is 0 Å². The predicted molar refractivity (Wildman–Crippen MR) is 54.3 cm³/mol. The Labute approximate surface area is 85.1 Å². The molecule has 1 rings (SSSR count). The van der Waals surface area contributed by atoms with E-state index in [-0.39, 0.29) is 6.61 Å². The Morgan fingerprint density at radius 1 is 1.21 bits per heavy atom. The molecule has 0 aliphatic carbocycles. The van der Waals surface area contributed by atoms with E-state index < -0.39 is 0 Å². The van der Waals surface area contributed by atoms with Gasteiger partial charge in [-0.15, -0.1) is 0 Å². The van der Waals surface area contributed by atoms with Crippen LogP contribution in [0.1, 0.15) is 0 Å². The first-order valence-corrected chi connectivity index (χ1v) is 4.98. The van der Waals surface area contributed by atoms with Gasteiger partial charge in [0.1, 0.15) is 0 Å². The monoisotopic (exact) mass is 201 g/mol. The van der Waals surface area contributed by atoms with E-state index in [4.69, 9.17) is 14.6 Å². The van der Waals surface area contributed by atoms with Crippen LogP contribution in [-0.2, 0) is 9.47 Å². The summed E-state index contributed by atoms with van der Waals surface area (Å²) < 4.78 is 10.8. The molecule has 14 heavy (non-hydrogen) atoms. The summed E-state index contributed by atoms with van der Waals surface area (Å²) in [4.78, 5) is 2.13. The van der Waals surface area contributed by atoms with Crippen LogP contribution in [0.25, 0.3) is 0 Å². The first-order valence-electron chi connectivity index (χ1n) is 4.98. The van der Waals surface area contributed by atoms with Crippen molar-refractivity contribution >= 4 is 0 Å². The van der Waals surface area contributed by atoms with Gasteiger partial charge in [0, 0.05) is 19.6 Å². The lowest BCUT2D eigenvalue weighted by molar-refractivity contribution is 0.0569. The summed E-state index contributed by atoms with van der Waals surface area (Å²) in [5, 5.41) is 8.81. The van der Waals surface area contributed by atoms with Crippen molar-refractivity contribution in [2.24, 2.45) is 0 Å². The lowest BCUT2D eigenvalue weighted by atomic mass is 10.3. The second kappa shape index (κ2) is 6.95. The Bertz CT molecular complexity index is 159. The van der Waals surface area contributed by atoms with Crippen LogP contribution in [-0.4, -0.2) is 62.7 Å². The van der Waals surface area contributed by atoms with Crippen molar-refractivity contribution in [1.82, 2.24) is 4.90 Å². The number of aliphatic hydroxyl groups excluding tert-OH is 1. The number of nitrogens with zero attached hydrogens (tertiary/aromatic N) is 1. The first kappa shape index (κ1) is 11.7. The molecule has 1 fully saturated rings. The van der Waals surface area contributed by atoms with Gasteiger partial charge in [-0.05, 0) is 5.57 Å². The van der Waals surface area contributed by atoms with Crippen molar-refractivity contribution in [3.8, 4) is 0 Å². The molecule has 0 unspecified atom stereocenters. The molecule has 0 aromatic rings. The molecule has 0 saturated carbocycles.